The Balaban J connectivity index is 0.708. The number of aromatic amines is 1. The third-order valence-corrected chi connectivity index (χ3v) is 13.1. The highest BCUT2D eigenvalue weighted by Crippen LogP contribution is 2.36. The molecule has 2 N–H and O–H groups in total. The Kier molecular flexibility index (Phi) is 12.0. The number of halogens is 2. The van der Waals surface area contributed by atoms with Gasteiger partial charge in [-0.3, -0.25) is 34.6 Å². The molecular weight excluding hydrogens is 829 g/mol. The molecule has 6 aromatic rings. The zero-order chi connectivity index (χ0) is 42.9. The standard InChI is InChI=1S/C45H49Cl2N11O4/c1-28(42-35(46)26-48-27-36(42)47)62-32-8-10-37-34(24-32)43(52-51-37)31-7-11-39(49-25-31)56-19-21-57(22-20-56)41(60)5-3-4-15-55-16-12-29(13-17-55)30-6-9-33-38(23-30)54(2)53-44(33)58-18-14-40(59)50-45(58)61/h6-11,23-29H,3-5,12-22H2,1-2H3,(H,51,52)(H,50,59,61)/t28-/m1/s1. The number of benzene rings is 2. The van der Waals surface area contributed by atoms with Crippen LogP contribution in [-0.4, -0.2) is 110 Å². The number of piperidine rings is 1. The molecule has 7 heterocycles. The van der Waals surface area contributed by atoms with Crippen LogP contribution in [0.3, 0.4) is 0 Å². The fourth-order valence-corrected chi connectivity index (χ4v) is 9.66. The van der Waals surface area contributed by atoms with Crippen molar-refractivity contribution in [1.29, 1.82) is 0 Å². The first-order valence-corrected chi connectivity index (χ1v) is 22.1. The van der Waals surface area contributed by atoms with Gasteiger partial charge in [-0.25, -0.2) is 9.78 Å². The van der Waals surface area contributed by atoms with E-state index in [0.29, 0.717) is 59.1 Å². The number of hydrogen-bond donors (Lipinski definition) is 2. The number of likely N-dealkylation sites (tertiary alicyclic amines) is 1. The van der Waals surface area contributed by atoms with E-state index >= 15 is 0 Å². The Morgan fingerprint density at radius 2 is 1.69 bits per heavy atom. The number of carbonyl (C=O) groups excluding carboxylic acids is 3. The Hall–Kier alpha value is -5.77. The van der Waals surface area contributed by atoms with Crippen LogP contribution in [0.2, 0.25) is 10.0 Å². The van der Waals surface area contributed by atoms with Crippen LogP contribution in [0.25, 0.3) is 33.1 Å². The van der Waals surface area contributed by atoms with Gasteiger partial charge in [0, 0.05) is 93.1 Å². The molecule has 0 radical (unpaired) electrons. The number of aromatic nitrogens is 6. The number of nitrogens with zero attached hydrogens (tertiary/aromatic N) is 9. The van der Waals surface area contributed by atoms with Gasteiger partial charge in [-0.15, -0.1) is 0 Å². The average Bonchev–Trinajstić information content (AvgIpc) is 3.85. The Morgan fingerprint density at radius 1 is 0.903 bits per heavy atom. The van der Waals surface area contributed by atoms with Gasteiger partial charge < -0.3 is 19.4 Å². The highest BCUT2D eigenvalue weighted by atomic mass is 35.5. The SMILES string of the molecule is C[C@@H](Oc1ccc2[nH]nc(-c3ccc(N4CCN(C(=O)CCCCN5CCC(c6ccc7c(N8CCC(=O)NC8=O)nn(C)c7c6)CC5)CC4)nc3)c2c1)c1c(Cl)cncc1Cl. The maximum Gasteiger partial charge on any atom is 0.329 e. The monoisotopic (exact) mass is 877 g/mol. The molecule has 0 bridgehead atoms. The lowest BCUT2D eigenvalue weighted by molar-refractivity contribution is -0.131. The summed E-state index contributed by atoms with van der Waals surface area (Å²) < 4.78 is 8.07. The summed E-state index contributed by atoms with van der Waals surface area (Å²) in [5.74, 6) is 2.55. The van der Waals surface area contributed by atoms with Gasteiger partial charge >= 0.3 is 6.03 Å². The minimum Gasteiger partial charge on any atom is -0.486 e. The van der Waals surface area contributed by atoms with Crippen molar-refractivity contribution in [3.8, 4) is 17.0 Å². The number of urea groups is 1. The number of nitrogens with one attached hydrogen (secondary N) is 2. The van der Waals surface area contributed by atoms with Crippen molar-refractivity contribution >= 4 is 74.5 Å². The quantitative estimate of drug-likeness (QED) is 0.118. The largest absolute Gasteiger partial charge is 0.486 e. The lowest BCUT2D eigenvalue weighted by Crippen LogP contribution is -2.49. The third-order valence-electron chi connectivity index (χ3n) is 12.5. The summed E-state index contributed by atoms with van der Waals surface area (Å²) in [5, 5.41) is 17.5. The molecule has 9 rings (SSSR count). The number of hydrogen-bond acceptors (Lipinski definition) is 10. The second-order valence-electron chi connectivity index (χ2n) is 16.4. The fraction of sp³-hybridized carbons (Fsp3) is 0.400. The van der Waals surface area contributed by atoms with E-state index in [2.05, 4.69) is 53.6 Å². The Morgan fingerprint density at radius 3 is 2.44 bits per heavy atom. The van der Waals surface area contributed by atoms with Crippen molar-refractivity contribution in [3.63, 3.8) is 0 Å². The maximum absolute atomic E-state index is 13.2. The van der Waals surface area contributed by atoms with E-state index in [4.69, 9.17) is 32.9 Å². The number of carbonyl (C=O) groups is 3. The van der Waals surface area contributed by atoms with Crippen LogP contribution < -0.4 is 19.9 Å². The molecule has 3 aliphatic rings. The van der Waals surface area contributed by atoms with E-state index in [0.717, 1.165) is 97.3 Å². The second-order valence-corrected chi connectivity index (χ2v) is 17.2. The minimum atomic E-state index is -0.423. The van der Waals surface area contributed by atoms with Crippen molar-refractivity contribution in [2.75, 3.05) is 62.2 Å². The number of pyridine rings is 2. The third kappa shape index (κ3) is 8.66. The summed E-state index contributed by atoms with van der Waals surface area (Å²) >= 11 is 12.7. The molecule has 0 unspecified atom stereocenters. The van der Waals surface area contributed by atoms with Crippen LogP contribution in [0.5, 0.6) is 5.75 Å². The lowest BCUT2D eigenvalue weighted by Gasteiger charge is -2.35. The number of rotatable bonds is 12. The summed E-state index contributed by atoms with van der Waals surface area (Å²) in [6.07, 6.45) is 9.43. The van der Waals surface area contributed by atoms with Gasteiger partial charge in [0.1, 0.15) is 23.4 Å². The molecule has 4 aromatic heterocycles. The van der Waals surface area contributed by atoms with Gasteiger partial charge in [0.05, 0.1) is 21.1 Å². The summed E-state index contributed by atoms with van der Waals surface area (Å²) in [6, 6.07) is 15.8. The average molecular weight is 879 g/mol. The predicted molar refractivity (Wildman–Crippen MR) is 240 cm³/mol. The predicted octanol–water partition coefficient (Wildman–Crippen LogP) is 7.50. The van der Waals surface area contributed by atoms with E-state index in [1.54, 1.807) is 17.3 Å². The van der Waals surface area contributed by atoms with Gasteiger partial charge in [0.15, 0.2) is 5.82 Å². The number of anilines is 2. The zero-order valence-electron chi connectivity index (χ0n) is 34.8. The molecule has 62 heavy (non-hydrogen) atoms. The Labute approximate surface area is 369 Å². The topological polar surface area (TPSA) is 158 Å². The van der Waals surface area contributed by atoms with Crippen molar-refractivity contribution < 1.29 is 19.1 Å². The number of ether oxygens (including phenoxy) is 1. The molecule has 0 spiro atoms. The van der Waals surface area contributed by atoms with Crippen molar-refractivity contribution in [3.05, 3.63) is 88.3 Å². The highest BCUT2D eigenvalue weighted by molar-refractivity contribution is 6.35. The van der Waals surface area contributed by atoms with Gasteiger partial charge in [-0.2, -0.15) is 10.2 Å². The summed E-state index contributed by atoms with van der Waals surface area (Å²) in [5.41, 5.74) is 5.50. The molecule has 3 aliphatic heterocycles. The van der Waals surface area contributed by atoms with Crippen LogP contribution in [0.1, 0.15) is 68.6 Å². The van der Waals surface area contributed by atoms with E-state index in [-0.39, 0.29) is 18.2 Å². The molecule has 3 saturated heterocycles. The maximum atomic E-state index is 13.2. The number of fused-ring (bicyclic) bond motifs is 2. The van der Waals surface area contributed by atoms with Gasteiger partial charge in [-0.1, -0.05) is 29.3 Å². The zero-order valence-corrected chi connectivity index (χ0v) is 36.3. The number of amides is 4. The molecular formula is C45H49Cl2N11O4. The molecule has 4 amide bonds. The number of unbranched alkanes of at least 4 members (excludes halogenated alkanes) is 1. The number of imide groups is 1. The summed E-state index contributed by atoms with van der Waals surface area (Å²) in [4.78, 5) is 54.5. The van der Waals surface area contributed by atoms with Gasteiger partial charge in [-0.05, 0) is 106 Å². The van der Waals surface area contributed by atoms with E-state index in [1.165, 1.54) is 5.56 Å². The van der Waals surface area contributed by atoms with E-state index in [9.17, 15) is 14.4 Å². The van der Waals surface area contributed by atoms with E-state index in [1.807, 2.05) is 60.1 Å². The van der Waals surface area contributed by atoms with Crippen LogP contribution in [-0.2, 0) is 16.6 Å². The first-order chi connectivity index (χ1) is 30.1. The second kappa shape index (κ2) is 17.9. The van der Waals surface area contributed by atoms with Gasteiger partial charge in [0.2, 0.25) is 11.8 Å². The van der Waals surface area contributed by atoms with Crippen LogP contribution in [0, 0.1) is 0 Å². The fourth-order valence-electron chi connectivity index (χ4n) is 8.99. The molecule has 3 fully saturated rings. The number of H-pyrrole nitrogens is 1. The lowest BCUT2D eigenvalue weighted by atomic mass is 9.89. The molecule has 322 valence electrons. The van der Waals surface area contributed by atoms with E-state index < -0.39 is 12.1 Å². The summed E-state index contributed by atoms with van der Waals surface area (Å²) in [7, 11) is 1.90. The van der Waals surface area contributed by atoms with Crippen LogP contribution in [0.4, 0.5) is 16.4 Å². The molecule has 1 atom stereocenters. The highest BCUT2D eigenvalue weighted by Gasteiger charge is 2.29. The first-order valence-electron chi connectivity index (χ1n) is 21.3. The molecule has 0 saturated carbocycles. The minimum absolute atomic E-state index is 0.227. The Bertz CT molecular complexity index is 2600. The van der Waals surface area contributed by atoms with Crippen LogP contribution >= 0.6 is 23.2 Å². The number of piperazine rings is 1. The molecule has 15 nitrogen and oxygen atoms in total. The molecule has 2 aromatic carbocycles. The van der Waals surface area contributed by atoms with Crippen molar-refractivity contribution in [2.45, 2.75) is 57.5 Å². The summed E-state index contributed by atoms with van der Waals surface area (Å²) in [6.45, 7) is 8.10. The number of aryl methyl sites for hydroxylation is 1. The normalized spacial score (nSPS) is 17.3. The first kappa shape index (κ1) is 41.6. The molecule has 17 heteroatoms. The van der Waals surface area contributed by atoms with Crippen molar-refractivity contribution in [2.24, 2.45) is 7.05 Å². The van der Waals surface area contributed by atoms with Crippen molar-refractivity contribution in [1.82, 2.24) is 45.1 Å². The molecule has 0 aliphatic carbocycles. The smallest absolute Gasteiger partial charge is 0.329 e. The van der Waals surface area contributed by atoms with Gasteiger partial charge in [0.25, 0.3) is 0 Å². The van der Waals surface area contributed by atoms with Crippen LogP contribution in [0.15, 0.2) is 67.1 Å².